The lowest BCUT2D eigenvalue weighted by Gasteiger charge is -2.11. The molecule has 0 amide bonds. The lowest BCUT2D eigenvalue weighted by atomic mass is 10.3. The normalized spacial score (nSPS) is 23.8. The van der Waals surface area contributed by atoms with Gasteiger partial charge in [0.15, 0.2) is 0 Å². The van der Waals surface area contributed by atoms with Crippen LogP contribution in [0.5, 0.6) is 0 Å². The summed E-state index contributed by atoms with van der Waals surface area (Å²) in [5, 5.41) is 2.92. The maximum atomic E-state index is 11.6. The summed E-state index contributed by atoms with van der Waals surface area (Å²) in [6, 6.07) is 0. The van der Waals surface area contributed by atoms with Gasteiger partial charge in [0, 0.05) is 6.54 Å². The summed E-state index contributed by atoms with van der Waals surface area (Å²) in [6.45, 7) is 0.165. The van der Waals surface area contributed by atoms with Crippen molar-refractivity contribution in [2.45, 2.75) is 18.7 Å². The SMILES string of the molecule is Cl.FC(F)(F)CO[C@@H]1CCNC1. The molecule has 6 heteroatoms. The molecular formula is C6H11ClF3NO. The molecule has 1 aliphatic heterocycles. The van der Waals surface area contributed by atoms with Crippen LogP contribution >= 0.6 is 12.4 Å². The number of ether oxygens (including phenoxy) is 1. The Labute approximate surface area is 74.9 Å². The van der Waals surface area contributed by atoms with Gasteiger partial charge in [0.25, 0.3) is 0 Å². The van der Waals surface area contributed by atoms with E-state index < -0.39 is 12.8 Å². The predicted molar refractivity (Wildman–Crippen MR) is 40.5 cm³/mol. The molecule has 0 aliphatic carbocycles. The fraction of sp³-hybridized carbons (Fsp3) is 1.00. The van der Waals surface area contributed by atoms with Gasteiger partial charge in [-0.1, -0.05) is 0 Å². The van der Waals surface area contributed by atoms with Gasteiger partial charge in [-0.3, -0.25) is 0 Å². The Morgan fingerprint density at radius 2 is 2.08 bits per heavy atom. The largest absolute Gasteiger partial charge is 0.411 e. The van der Waals surface area contributed by atoms with Crippen LogP contribution in [0.25, 0.3) is 0 Å². The second kappa shape index (κ2) is 4.89. The molecule has 0 spiro atoms. The first-order valence-corrected chi connectivity index (χ1v) is 3.47. The van der Waals surface area contributed by atoms with E-state index in [9.17, 15) is 13.2 Å². The van der Waals surface area contributed by atoms with Crippen molar-refractivity contribution in [3.8, 4) is 0 Å². The maximum absolute atomic E-state index is 11.6. The minimum Gasteiger partial charge on any atom is -0.367 e. The minimum atomic E-state index is -4.19. The van der Waals surface area contributed by atoms with E-state index in [1.807, 2.05) is 0 Å². The fourth-order valence-electron chi connectivity index (χ4n) is 0.983. The Morgan fingerprint density at radius 1 is 1.42 bits per heavy atom. The smallest absolute Gasteiger partial charge is 0.367 e. The van der Waals surface area contributed by atoms with Crippen LogP contribution in [0.1, 0.15) is 6.42 Å². The van der Waals surface area contributed by atoms with Crippen molar-refractivity contribution in [3.05, 3.63) is 0 Å². The minimum absolute atomic E-state index is 0. The summed E-state index contributed by atoms with van der Waals surface area (Å²) in [5.74, 6) is 0. The molecule has 2 nitrogen and oxygen atoms in total. The first kappa shape index (κ1) is 12.0. The number of alkyl halides is 3. The van der Waals surface area contributed by atoms with Crippen LogP contribution in [0.3, 0.4) is 0 Å². The van der Waals surface area contributed by atoms with Crippen molar-refractivity contribution in [1.82, 2.24) is 5.32 Å². The van der Waals surface area contributed by atoms with E-state index in [1.54, 1.807) is 0 Å². The Balaban J connectivity index is 0.00000121. The molecule has 1 saturated heterocycles. The van der Waals surface area contributed by atoms with Gasteiger partial charge in [0.1, 0.15) is 6.61 Å². The van der Waals surface area contributed by atoms with Crippen molar-refractivity contribution in [2.75, 3.05) is 19.7 Å². The Kier molecular flexibility index (Phi) is 4.89. The van der Waals surface area contributed by atoms with Crippen molar-refractivity contribution in [1.29, 1.82) is 0 Å². The highest BCUT2D eigenvalue weighted by Gasteiger charge is 2.29. The summed E-state index contributed by atoms with van der Waals surface area (Å²) in [7, 11) is 0. The van der Waals surface area contributed by atoms with E-state index in [0.29, 0.717) is 13.0 Å². The van der Waals surface area contributed by atoms with Gasteiger partial charge < -0.3 is 10.1 Å². The molecule has 1 fully saturated rings. The standard InChI is InChI=1S/C6H10F3NO.ClH/c7-6(8,9)4-11-5-1-2-10-3-5;/h5,10H,1-4H2;1H/t5-;/m1./s1. The Morgan fingerprint density at radius 3 is 2.50 bits per heavy atom. The molecule has 1 heterocycles. The van der Waals surface area contributed by atoms with Gasteiger partial charge in [0.05, 0.1) is 6.10 Å². The first-order chi connectivity index (χ1) is 5.08. The van der Waals surface area contributed by atoms with Crippen LogP contribution in [0.2, 0.25) is 0 Å². The van der Waals surface area contributed by atoms with E-state index in [4.69, 9.17) is 0 Å². The number of halogens is 4. The highest BCUT2D eigenvalue weighted by atomic mass is 35.5. The number of hydrogen-bond acceptors (Lipinski definition) is 2. The van der Waals surface area contributed by atoms with Crippen LogP contribution in [-0.2, 0) is 4.74 Å². The summed E-state index contributed by atoms with van der Waals surface area (Å²) in [5.41, 5.74) is 0. The summed E-state index contributed by atoms with van der Waals surface area (Å²) < 4.78 is 39.3. The number of nitrogens with one attached hydrogen (secondary N) is 1. The number of hydrogen-bond donors (Lipinski definition) is 1. The van der Waals surface area contributed by atoms with Crippen LogP contribution in [-0.4, -0.2) is 32.0 Å². The average molecular weight is 206 g/mol. The number of rotatable bonds is 2. The summed E-state index contributed by atoms with van der Waals surface area (Å²) in [6.07, 6.45) is -3.77. The second-order valence-corrected chi connectivity index (χ2v) is 2.54. The topological polar surface area (TPSA) is 21.3 Å². The third kappa shape index (κ3) is 4.79. The van der Waals surface area contributed by atoms with Crippen LogP contribution in [0.4, 0.5) is 13.2 Å². The third-order valence-corrected chi connectivity index (χ3v) is 1.50. The van der Waals surface area contributed by atoms with E-state index in [1.165, 1.54) is 0 Å². The third-order valence-electron chi connectivity index (χ3n) is 1.50. The van der Waals surface area contributed by atoms with Gasteiger partial charge in [-0.15, -0.1) is 12.4 Å². The zero-order valence-corrected chi connectivity index (χ0v) is 7.17. The molecule has 0 aromatic heterocycles. The summed E-state index contributed by atoms with van der Waals surface area (Å²) >= 11 is 0. The van der Waals surface area contributed by atoms with Gasteiger partial charge in [-0.2, -0.15) is 13.2 Å². The van der Waals surface area contributed by atoms with Crippen LogP contribution in [0, 0.1) is 0 Å². The molecule has 0 radical (unpaired) electrons. The molecule has 0 bridgehead atoms. The molecule has 0 unspecified atom stereocenters. The maximum Gasteiger partial charge on any atom is 0.411 e. The van der Waals surface area contributed by atoms with E-state index >= 15 is 0 Å². The molecule has 1 aliphatic rings. The molecule has 1 rings (SSSR count). The molecule has 1 atom stereocenters. The van der Waals surface area contributed by atoms with Gasteiger partial charge in [0.2, 0.25) is 0 Å². The Bertz CT molecular complexity index is 124. The van der Waals surface area contributed by atoms with Gasteiger partial charge >= 0.3 is 6.18 Å². The lowest BCUT2D eigenvalue weighted by Crippen LogP contribution is -2.24. The zero-order valence-electron chi connectivity index (χ0n) is 6.36. The van der Waals surface area contributed by atoms with Crippen molar-refractivity contribution < 1.29 is 17.9 Å². The lowest BCUT2D eigenvalue weighted by molar-refractivity contribution is -0.183. The van der Waals surface area contributed by atoms with E-state index in [2.05, 4.69) is 10.1 Å². The van der Waals surface area contributed by atoms with Crippen LogP contribution < -0.4 is 5.32 Å². The van der Waals surface area contributed by atoms with Crippen molar-refractivity contribution in [2.24, 2.45) is 0 Å². The van der Waals surface area contributed by atoms with Crippen molar-refractivity contribution in [3.63, 3.8) is 0 Å². The monoisotopic (exact) mass is 205 g/mol. The molecule has 74 valence electrons. The quantitative estimate of drug-likeness (QED) is 0.735. The fourth-order valence-corrected chi connectivity index (χ4v) is 0.983. The molecule has 0 saturated carbocycles. The summed E-state index contributed by atoms with van der Waals surface area (Å²) in [4.78, 5) is 0. The first-order valence-electron chi connectivity index (χ1n) is 3.47. The molecule has 12 heavy (non-hydrogen) atoms. The molecular weight excluding hydrogens is 195 g/mol. The molecule has 0 aromatic rings. The Hall–Kier alpha value is -0.0000000000000000416. The second-order valence-electron chi connectivity index (χ2n) is 2.54. The van der Waals surface area contributed by atoms with Gasteiger partial charge in [-0.25, -0.2) is 0 Å². The van der Waals surface area contributed by atoms with E-state index in [0.717, 1.165) is 6.54 Å². The highest BCUT2D eigenvalue weighted by Crippen LogP contribution is 2.16. The highest BCUT2D eigenvalue weighted by molar-refractivity contribution is 5.85. The van der Waals surface area contributed by atoms with Gasteiger partial charge in [-0.05, 0) is 13.0 Å². The molecule has 1 N–H and O–H groups in total. The average Bonchev–Trinajstić information content (AvgIpc) is 2.32. The van der Waals surface area contributed by atoms with Crippen molar-refractivity contribution >= 4 is 12.4 Å². The molecule has 0 aromatic carbocycles. The van der Waals surface area contributed by atoms with E-state index in [-0.39, 0.29) is 18.5 Å². The zero-order chi connectivity index (χ0) is 8.32. The predicted octanol–water partition coefficient (Wildman–Crippen LogP) is 1.35. The van der Waals surface area contributed by atoms with Crippen LogP contribution in [0.15, 0.2) is 0 Å².